The van der Waals surface area contributed by atoms with E-state index in [0.717, 1.165) is 23.5 Å². The zero-order chi connectivity index (χ0) is 17.5. The molecule has 2 N–H and O–H groups in total. The number of thioether (sulfide) groups is 1. The number of benzene rings is 1. The van der Waals surface area contributed by atoms with E-state index in [4.69, 9.17) is 0 Å². The second-order valence-electron chi connectivity index (χ2n) is 6.76. The fourth-order valence-corrected chi connectivity index (χ4v) is 4.47. The van der Waals surface area contributed by atoms with Crippen LogP contribution in [0.1, 0.15) is 38.5 Å². The molecule has 3 rings (SSSR count). The van der Waals surface area contributed by atoms with Crippen molar-refractivity contribution >= 4 is 29.3 Å². The van der Waals surface area contributed by atoms with Crippen LogP contribution in [0.3, 0.4) is 0 Å². The number of hydrogen-bond donors (Lipinski definition) is 2. The van der Waals surface area contributed by atoms with Gasteiger partial charge in [-0.2, -0.15) is 0 Å². The molecule has 1 unspecified atom stereocenters. The summed E-state index contributed by atoms with van der Waals surface area (Å²) in [7, 11) is 0. The van der Waals surface area contributed by atoms with Gasteiger partial charge in [-0.25, -0.2) is 0 Å². The van der Waals surface area contributed by atoms with Gasteiger partial charge in [0.15, 0.2) is 0 Å². The lowest BCUT2D eigenvalue weighted by molar-refractivity contribution is -0.124. The van der Waals surface area contributed by atoms with E-state index >= 15 is 0 Å². The highest BCUT2D eigenvalue weighted by molar-refractivity contribution is 8.01. The van der Waals surface area contributed by atoms with E-state index in [1.807, 2.05) is 24.3 Å². The molecule has 6 heteroatoms. The highest BCUT2D eigenvalue weighted by Crippen LogP contribution is 2.36. The Morgan fingerprint density at radius 3 is 2.76 bits per heavy atom. The molecule has 2 heterocycles. The van der Waals surface area contributed by atoms with E-state index in [1.165, 1.54) is 50.5 Å². The number of fused-ring (bicyclic) bond motifs is 1. The highest BCUT2D eigenvalue weighted by atomic mass is 32.2. The van der Waals surface area contributed by atoms with Gasteiger partial charge in [-0.15, -0.1) is 11.8 Å². The van der Waals surface area contributed by atoms with E-state index < -0.39 is 0 Å². The summed E-state index contributed by atoms with van der Waals surface area (Å²) in [6.07, 6.45) is 6.48. The van der Waals surface area contributed by atoms with Crippen LogP contribution in [-0.2, 0) is 9.59 Å². The van der Waals surface area contributed by atoms with Gasteiger partial charge < -0.3 is 15.5 Å². The Bertz CT molecular complexity index is 600. The molecule has 0 aromatic heterocycles. The second kappa shape index (κ2) is 9.25. The number of carbonyl (C=O) groups is 2. The molecule has 0 spiro atoms. The number of carbonyl (C=O) groups excluding carboxylic acids is 2. The molecule has 25 heavy (non-hydrogen) atoms. The van der Waals surface area contributed by atoms with Crippen LogP contribution in [0.4, 0.5) is 5.69 Å². The molecule has 1 aromatic carbocycles. The maximum Gasteiger partial charge on any atom is 0.238 e. The average molecular weight is 362 g/mol. The summed E-state index contributed by atoms with van der Waals surface area (Å²) in [5.74, 6) is -0.119. The number of hydrogen-bond acceptors (Lipinski definition) is 4. The third-order valence-corrected chi connectivity index (χ3v) is 6.02. The first-order chi connectivity index (χ1) is 12.2. The largest absolute Gasteiger partial charge is 0.356 e. The Labute approximate surface area is 153 Å². The fourth-order valence-electron chi connectivity index (χ4n) is 3.36. The van der Waals surface area contributed by atoms with Crippen LogP contribution in [0.15, 0.2) is 29.2 Å². The van der Waals surface area contributed by atoms with Crippen molar-refractivity contribution in [3.8, 4) is 0 Å². The van der Waals surface area contributed by atoms with Gasteiger partial charge in [-0.1, -0.05) is 25.0 Å². The summed E-state index contributed by atoms with van der Waals surface area (Å²) in [5, 5.41) is 5.51. The number of amides is 2. The minimum Gasteiger partial charge on any atom is -0.356 e. The van der Waals surface area contributed by atoms with Crippen molar-refractivity contribution in [1.29, 1.82) is 0 Å². The molecule has 0 saturated carbocycles. The third-order valence-electron chi connectivity index (χ3n) is 4.75. The minimum atomic E-state index is -0.347. The van der Waals surface area contributed by atoms with Crippen molar-refractivity contribution in [1.82, 2.24) is 10.2 Å². The molecule has 5 nitrogen and oxygen atoms in total. The van der Waals surface area contributed by atoms with E-state index in [1.54, 1.807) is 0 Å². The standard InChI is InChI=1S/C19H27N3O2S/c23-18(20-10-7-13-22-11-5-1-2-6-12-22)14-17-19(24)21-15-8-3-4-9-16(15)25-17/h3-4,8-9,17H,1-2,5-7,10-14H2,(H,20,23)(H,21,24). The maximum atomic E-state index is 12.2. The highest BCUT2D eigenvalue weighted by Gasteiger charge is 2.28. The molecular weight excluding hydrogens is 334 g/mol. The number of nitrogens with zero attached hydrogens (tertiary/aromatic N) is 1. The zero-order valence-corrected chi connectivity index (χ0v) is 15.4. The number of nitrogens with one attached hydrogen (secondary N) is 2. The molecule has 0 bridgehead atoms. The SMILES string of the molecule is O=C(CC1Sc2ccccc2NC1=O)NCCCN1CCCCCC1. The zero-order valence-electron chi connectivity index (χ0n) is 14.6. The number of likely N-dealkylation sites (tertiary alicyclic amines) is 1. The second-order valence-corrected chi connectivity index (χ2v) is 8.00. The molecule has 2 aliphatic rings. The Kier molecular flexibility index (Phi) is 6.76. The summed E-state index contributed by atoms with van der Waals surface area (Å²) in [5.41, 5.74) is 0.839. The molecule has 0 radical (unpaired) electrons. The van der Waals surface area contributed by atoms with Crippen LogP contribution in [0, 0.1) is 0 Å². The summed E-state index contributed by atoms with van der Waals surface area (Å²) in [4.78, 5) is 27.8. The predicted octanol–water partition coefficient (Wildman–Crippen LogP) is 2.87. The van der Waals surface area contributed by atoms with Crippen LogP contribution >= 0.6 is 11.8 Å². The fraction of sp³-hybridized carbons (Fsp3) is 0.579. The lowest BCUT2D eigenvalue weighted by atomic mass is 10.2. The minimum absolute atomic E-state index is 0.0390. The van der Waals surface area contributed by atoms with Crippen molar-refractivity contribution in [2.45, 2.75) is 48.7 Å². The quantitative estimate of drug-likeness (QED) is 0.765. The van der Waals surface area contributed by atoms with Crippen LogP contribution < -0.4 is 10.6 Å². The molecule has 0 aliphatic carbocycles. The van der Waals surface area contributed by atoms with Crippen molar-refractivity contribution in [3.05, 3.63) is 24.3 Å². The monoisotopic (exact) mass is 361 g/mol. The Morgan fingerprint density at radius 1 is 1.20 bits per heavy atom. The number of anilines is 1. The number of rotatable bonds is 6. The van der Waals surface area contributed by atoms with E-state index in [0.29, 0.717) is 6.54 Å². The van der Waals surface area contributed by atoms with E-state index in [9.17, 15) is 9.59 Å². The Hall–Kier alpha value is -1.53. The van der Waals surface area contributed by atoms with Crippen molar-refractivity contribution in [2.75, 3.05) is 31.5 Å². The smallest absolute Gasteiger partial charge is 0.238 e. The van der Waals surface area contributed by atoms with Gasteiger partial charge in [0.2, 0.25) is 11.8 Å². The van der Waals surface area contributed by atoms with E-state index in [2.05, 4.69) is 15.5 Å². The van der Waals surface area contributed by atoms with Gasteiger partial charge >= 0.3 is 0 Å². The average Bonchev–Trinajstić information content (AvgIpc) is 2.88. The molecule has 2 aliphatic heterocycles. The Balaban J connectivity index is 1.37. The lowest BCUT2D eigenvalue weighted by Gasteiger charge is -2.23. The number of para-hydroxylation sites is 1. The molecule has 1 aromatic rings. The first-order valence-corrected chi connectivity index (χ1v) is 10.2. The van der Waals surface area contributed by atoms with Crippen LogP contribution in [-0.4, -0.2) is 48.1 Å². The lowest BCUT2D eigenvalue weighted by Crippen LogP contribution is -2.36. The predicted molar refractivity (Wildman–Crippen MR) is 102 cm³/mol. The van der Waals surface area contributed by atoms with Crippen LogP contribution in [0.5, 0.6) is 0 Å². The van der Waals surface area contributed by atoms with Gasteiger partial charge in [-0.3, -0.25) is 9.59 Å². The van der Waals surface area contributed by atoms with Gasteiger partial charge in [0.25, 0.3) is 0 Å². The summed E-state index contributed by atoms with van der Waals surface area (Å²) >= 11 is 1.48. The van der Waals surface area contributed by atoms with Gasteiger partial charge in [0.1, 0.15) is 0 Å². The van der Waals surface area contributed by atoms with Gasteiger partial charge in [0.05, 0.1) is 10.9 Å². The molecular formula is C19H27N3O2S. The van der Waals surface area contributed by atoms with Gasteiger partial charge in [-0.05, 0) is 51.0 Å². The first-order valence-electron chi connectivity index (χ1n) is 9.28. The molecule has 136 valence electrons. The first kappa shape index (κ1) is 18.3. The topological polar surface area (TPSA) is 61.4 Å². The van der Waals surface area contributed by atoms with Crippen LogP contribution in [0.25, 0.3) is 0 Å². The molecule has 1 fully saturated rings. The van der Waals surface area contributed by atoms with Crippen molar-refractivity contribution < 1.29 is 9.59 Å². The van der Waals surface area contributed by atoms with Gasteiger partial charge in [0, 0.05) is 17.9 Å². The normalized spacial score (nSPS) is 21.1. The molecule has 1 saturated heterocycles. The Morgan fingerprint density at radius 2 is 1.96 bits per heavy atom. The maximum absolute atomic E-state index is 12.2. The van der Waals surface area contributed by atoms with Crippen molar-refractivity contribution in [3.63, 3.8) is 0 Å². The summed E-state index contributed by atoms with van der Waals surface area (Å²) < 4.78 is 0. The molecule has 2 amide bonds. The summed E-state index contributed by atoms with van der Waals surface area (Å²) in [6, 6.07) is 7.71. The van der Waals surface area contributed by atoms with E-state index in [-0.39, 0.29) is 23.5 Å². The molecule has 1 atom stereocenters. The third kappa shape index (κ3) is 5.47. The summed E-state index contributed by atoms with van der Waals surface area (Å²) in [6.45, 7) is 4.11. The van der Waals surface area contributed by atoms with Crippen molar-refractivity contribution in [2.24, 2.45) is 0 Å². The van der Waals surface area contributed by atoms with Crippen LogP contribution in [0.2, 0.25) is 0 Å².